The van der Waals surface area contributed by atoms with Gasteiger partial charge in [0, 0.05) is 44.5 Å². The summed E-state index contributed by atoms with van der Waals surface area (Å²) < 4.78 is 5.46. The molecule has 2 amide bonds. The summed E-state index contributed by atoms with van der Waals surface area (Å²) in [4.78, 5) is 36.4. The van der Waals surface area contributed by atoms with E-state index in [2.05, 4.69) is 9.97 Å². The highest BCUT2D eigenvalue weighted by Crippen LogP contribution is 2.32. The molecule has 1 unspecified atom stereocenters. The molecular formula is C18H20N4O3. The van der Waals surface area contributed by atoms with Crippen LogP contribution in [0, 0.1) is 0 Å². The van der Waals surface area contributed by atoms with E-state index < -0.39 is 0 Å². The van der Waals surface area contributed by atoms with Crippen molar-refractivity contribution in [3.05, 3.63) is 54.1 Å². The number of piperazine rings is 1. The van der Waals surface area contributed by atoms with E-state index in [1.807, 2.05) is 24.3 Å². The highest BCUT2D eigenvalue weighted by molar-refractivity contribution is 5.92. The molecule has 7 nitrogen and oxygen atoms in total. The fourth-order valence-electron chi connectivity index (χ4n) is 3.08. The maximum Gasteiger partial charge on any atom is 0.274 e. The number of nitrogens with zero attached hydrogens (tertiary/aromatic N) is 4. The van der Waals surface area contributed by atoms with Crippen molar-refractivity contribution in [2.45, 2.75) is 13.0 Å². The van der Waals surface area contributed by atoms with Crippen molar-refractivity contribution in [3.8, 4) is 5.75 Å². The third kappa shape index (κ3) is 3.45. The number of hydrogen-bond donors (Lipinski definition) is 0. The third-order valence-electron chi connectivity index (χ3n) is 4.37. The van der Waals surface area contributed by atoms with Gasteiger partial charge in [-0.25, -0.2) is 4.98 Å². The molecule has 1 saturated heterocycles. The zero-order valence-electron chi connectivity index (χ0n) is 14.3. The van der Waals surface area contributed by atoms with Gasteiger partial charge in [-0.3, -0.25) is 14.6 Å². The van der Waals surface area contributed by atoms with Crippen LogP contribution in [0.1, 0.15) is 29.0 Å². The Bertz CT molecular complexity index is 766. The van der Waals surface area contributed by atoms with Gasteiger partial charge in [0.25, 0.3) is 5.91 Å². The number of amides is 2. The van der Waals surface area contributed by atoms with E-state index in [-0.39, 0.29) is 17.9 Å². The van der Waals surface area contributed by atoms with E-state index in [0.29, 0.717) is 31.1 Å². The van der Waals surface area contributed by atoms with Crippen molar-refractivity contribution in [2.75, 3.05) is 26.7 Å². The average Bonchev–Trinajstić information content (AvgIpc) is 2.67. The molecule has 130 valence electrons. The highest BCUT2D eigenvalue weighted by atomic mass is 16.5. The summed E-state index contributed by atoms with van der Waals surface area (Å²) in [6.07, 6.45) is 4.48. The summed E-state index contributed by atoms with van der Waals surface area (Å²) >= 11 is 0. The summed E-state index contributed by atoms with van der Waals surface area (Å²) in [5, 5.41) is 0. The van der Waals surface area contributed by atoms with Gasteiger partial charge in [-0.05, 0) is 6.07 Å². The lowest BCUT2D eigenvalue weighted by molar-refractivity contribution is -0.131. The van der Waals surface area contributed by atoms with Crippen LogP contribution in [-0.4, -0.2) is 58.3 Å². The van der Waals surface area contributed by atoms with Crippen molar-refractivity contribution in [2.24, 2.45) is 0 Å². The number of carbonyl (C=O) groups is 2. The minimum atomic E-state index is -0.302. The molecule has 1 aromatic heterocycles. The first kappa shape index (κ1) is 16.9. The van der Waals surface area contributed by atoms with E-state index in [0.717, 1.165) is 5.56 Å². The van der Waals surface area contributed by atoms with Crippen LogP contribution in [0.2, 0.25) is 0 Å². The second-order valence-corrected chi connectivity index (χ2v) is 5.81. The Morgan fingerprint density at radius 2 is 2.00 bits per heavy atom. The smallest absolute Gasteiger partial charge is 0.274 e. The van der Waals surface area contributed by atoms with Gasteiger partial charge in [0.05, 0.1) is 19.3 Å². The van der Waals surface area contributed by atoms with Crippen molar-refractivity contribution in [1.29, 1.82) is 0 Å². The maximum atomic E-state index is 12.9. The number of hydrogen-bond acceptors (Lipinski definition) is 5. The molecule has 1 atom stereocenters. The lowest BCUT2D eigenvalue weighted by atomic mass is 10.0. The predicted molar refractivity (Wildman–Crippen MR) is 91.1 cm³/mol. The minimum Gasteiger partial charge on any atom is -0.496 e. The summed E-state index contributed by atoms with van der Waals surface area (Å²) in [7, 11) is 1.60. The van der Waals surface area contributed by atoms with Gasteiger partial charge in [0.2, 0.25) is 5.91 Å². The summed E-state index contributed by atoms with van der Waals surface area (Å²) in [6.45, 7) is 2.88. The zero-order chi connectivity index (χ0) is 17.8. The number of benzene rings is 1. The Balaban J connectivity index is 1.98. The standard InChI is InChI=1S/C18H20N4O3/c1-13(23)21-9-10-22(18(24)15-11-19-7-8-20-15)16(12-21)14-5-3-4-6-17(14)25-2/h3-8,11,16H,9-10,12H2,1-2H3. The molecule has 0 bridgehead atoms. The fourth-order valence-corrected chi connectivity index (χ4v) is 3.08. The van der Waals surface area contributed by atoms with Gasteiger partial charge in [-0.15, -0.1) is 0 Å². The first-order valence-electron chi connectivity index (χ1n) is 8.07. The molecule has 0 spiro atoms. The Kier molecular flexibility index (Phi) is 4.92. The Hall–Kier alpha value is -2.96. The first-order chi connectivity index (χ1) is 12.1. The van der Waals surface area contributed by atoms with E-state index in [1.165, 1.54) is 18.6 Å². The second kappa shape index (κ2) is 7.29. The number of carbonyl (C=O) groups excluding carboxylic acids is 2. The number of rotatable bonds is 3. The third-order valence-corrected chi connectivity index (χ3v) is 4.37. The number of ether oxygens (including phenoxy) is 1. The van der Waals surface area contributed by atoms with Gasteiger partial charge < -0.3 is 14.5 Å². The lowest BCUT2D eigenvalue weighted by Gasteiger charge is -2.41. The van der Waals surface area contributed by atoms with Gasteiger partial charge in [0.15, 0.2) is 0 Å². The Morgan fingerprint density at radius 1 is 1.20 bits per heavy atom. The predicted octanol–water partition coefficient (Wildman–Crippen LogP) is 1.53. The number of methoxy groups -OCH3 is 1. The van der Waals surface area contributed by atoms with Crippen LogP contribution in [0.4, 0.5) is 0 Å². The molecular weight excluding hydrogens is 320 g/mol. The lowest BCUT2D eigenvalue weighted by Crippen LogP contribution is -2.52. The summed E-state index contributed by atoms with van der Waals surface area (Å²) in [5.41, 5.74) is 1.16. The minimum absolute atomic E-state index is 0.00787. The average molecular weight is 340 g/mol. The molecule has 2 aromatic rings. The fraction of sp³-hybridized carbons (Fsp3) is 0.333. The Labute approximate surface area is 146 Å². The van der Waals surface area contributed by atoms with Crippen LogP contribution in [0.3, 0.4) is 0 Å². The molecule has 3 rings (SSSR count). The number of para-hydroxylation sites is 1. The summed E-state index contributed by atoms with van der Waals surface area (Å²) in [6, 6.07) is 7.25. The van der Waals surface area contributed by atoms with Gasteiger partial charge in [0.1, 0.15) is 11.4 Å². The topological polar surface area (TPSA) is 75.6 Å². The molecule has 25 heavy (non-hydrogen) atoms. The van der Waals surface area contributed by atoms with Gasteiger partial charge >= 0.3 is 0 Å². The van der Waals surface area contributed by atoms with Crippen LogP contribution < -0.4 is 4.74 Å². The highest BCUT2D eigenvalue weighted by Gasteiger charge is 2.35. The van der Waals surface area contributed by atoms with Crippen LogP contribution in [-0.2, 0) is 4.79 Å². The van der Waals surface area contributed by atoms with Crippen molar-refractivity contribution < 1.29 is 14.3 Å². The first-order valence-corrected chi connectivity index (χ1v) is 8.07. The van der Waals surface area contributed by atoms with Crippen molar-refractivity contribution in [3.63, 3.8) is 0 Å². The molecule has 1 aromatic carbocycles. The molecule has 0 radical (unpaired) electrons. The van der Waals surface area contributed by atoms with Crippen LogP contribution in [0.25, 0.3) is 0 Å². The second-order valence-electron chi connectivity index (χ2n) is 5.81. The van der Waals surface area contributed by atoms with Crippen molar-refractivity contribution in [1.82, 2.24) is 19.8 Å². The normalized spacial score (nSPS) is 17.3. The van der Waals surface area contributed by atoms with Crippen LogP contribution >= 0.6 is 0 Å². The maximum absolute atomic E-state index is 12.9. The molecule has 1 fully saturated rings. The monoisotopic (exact) mass is 340 g/mol. The number of aromatic nitrogens is 2. The van der Waals surface area contributed by atoms with E-state index in [4.69, 9.17) is 4.74 Å². The molecule has 0 aliphatic carbocycles. The zero-order valence-corrected chi connectivity index (χ0v) is 14.3. The van der Waals surface area contributed by atoms with Gasteiger partial charge in [-0.2, -0.15) is 0 Å². The summed E-state index contributed by atoms with van der Waals surface area (Å²) in [5.74, 6) is 0.480. The van der Waals surface area contributed by atoms with Crippen LogP contribution in [0.5, 0.6) is 5.75 Å². The Morgan fingerprint density at radius 3 is 2.68 bits per heavy atom. The van der Waals surface area contributed by atoms with Crippen molar-refractivity contribution >= 4 is 11.8 Å². The molecule has 0 N–H and O–H groups in total. The molecule has 0 saturated carbocycles. The van der Waals surface area contributed by atoms with Gasteiger partial charge in [-0.1, -0.05) is 18.2 Å². The van der Waals surface area contributed by atoms with E-state index in [1.54, 1.807) is 23.8 Å². The van der Waals surface area contributed by atoms with E-state index in [9.17, 15) is 9.59 Å². The molecule has 2 heterocycles. The molecule has 1 aliphatic heterocycles. The van der Waals surface area contributed by atoms with Crippen LogP contribution in [0.15, 0.2) is 42.9 Å². The SMILES string of the molecule is COc1ccccc1C1CN(C(C)=O)CCN1C(=O)c1cnccn1. The molecule has 1 aliphatic rings. The largest absolute Gasteiger partial charge is 0.496 e. The van der Waals surface area contributed by atoms with E-state index >= 15 is 0 Å². The molecule has 7 heteroatoms. The quantitative estimate of drug-likeness (QED) is 0.847.